The third-order valence-electron chi connectivity index (χ3n) is 5.02. The average Bonchev–Trinajstić information content (AvgIpc) is 3.21. The van der Waals surface area contributed by atoms with E-state index in [4.69, 9.17) is 4.42 Å². The SMILES string of the molecule is CC(=O)c1ccc(NC(=O)c2oc3c(c2C)C2(CCC3)SCCS2)cc1. The molecule has 0 bridgehead atoms. The van der Waals surface area contributed by atoms with E-state index in [0.29, 0.717) is 17.0 Å². The summed E-state index contributed by atoms with van der Waals surface area (Å²) in [7, 11) is 0. The van der Waals surface area contributed by atoms with Crippen molar-refractivity contribution in [3.8, 4) is 0 Å². The lowest BCUT2D eigenvalue weighted by molar-refractivity contribution is 0.0992. The van der Waals surface area contributed by atoms with E-state index < -0.39 is 0 Å². The van der Waals surface area contributed by atoms with Gasteiger partial charge in [-0.25, -0.2) is 0 Å². The van der Waals surface area contributed by atoms with Crippen LogP contribution in [-0.4, -0.2) is 23.2 Å². The highest BCUT2D eigenvalue weighted by Gasteiger charge is 2.45. The highest BCUT2D eigenvalue weighted by molar-refractivity contribution is 8.20. The van der Waals surface area contributed by atoms with Crippen LogP contribution in [0.5, 0.6) is 0 Å². The standard InChI is InChI=1S/C20H21NO3S2/c1-12-17-16(4-3-9-20(17)25-10-11-26-20)24-18(12)19(23)21-15-7-5-14(6-8-15)13(2)22/h5-8H,3-4,9-11H2,1-2H3,(H,21,23). The fourth-order valence-electron chi connectivity index (χ4n) is 3.79. The number of carbonyl (C=O) groups is 2. The maximum atomic E-state index is 12.8. The molecule has 136 valence electrons. The van der Waals surface area contributed by atoms with Crippen LogP contribution >= 0.6 is 23.5 Å². The molecule has 2 aliphatic rings. The molecule has 26 heavy (non-hydrogen) atoms. The monoisotopic (exact) mass is 387 g/mol. The Bertz CT molecular complexity index is 864. The first-order valence-corrected chi connectivity index (χ1v) is 10.8. The summed E-state index contributed by atoms with van der Waals surface area (Å²) in [5.74, 6) is 3.48. The highest BCUT2D eigenvalue weighted by atomic mass is 32.2. The number of benzene rings is 1. The van der Waals surface area contributed by atoms with Gasteiger partial charge in [0, 0.05) is 40.3 Å². The van der Waals surface area contributed by atoms with Gasteiger partial charge in [-0.05, 0) is 51.0 Å². The number of hydrogen-bond donors (Lipinski definition) is 1. The van der Waals surface area contributed by atoms with Gasteiger partial charge in [-0.1, -0.05) is 0 Å². The fourth-order valence-corrected chi connectivity index (χ4v) is 7.35. The van der Waals surface area contributed by atoms with Gasteiger partial charge in [-0.15, -0.1) is 23.5 Å². The predicted molar refractivity (Wildman–Crippen MR) is 107 cm³/mol. The summed E-state index contributed by atoms with van der Waals surface area (Å²) in [6.07, 6.45) is 3.15. The molecule has 1 aliphatic carbocycles. The van der Waals surface area contributed by atoms with Gasteiger partial charge in [0.15, 0.2) is 11.5 Å². The summed E-state index contributed by atoms with van der Waals surface area (Å²) in [4.78, 5) is 24.2. The minimum Gasteiger partial charge on any atom is -0.455 e. The molecule has 1 amide bonds. The first-order valence-electron chi connectivity index (χ1n) is 8.83. The number of furan rings is 1. The Labute approximate surface area is 161 Å². The van der Waals surface area contributed by atoms with E-state index in [0.717, 1.165) is 42.1 Å². The molecule has 2 aromatic rings. The lowest BCUT2D eigenvalue weighted by Crippen LogP contribution is -2.21. The Morgan fingerprint density at radius 2 is 1.85 bits per heavy atom. The minimum atomic E-state index is -0.226. The van der Waals surface area contributed by atoms with Gasteiger partial charge >= 0.3 is 0 Å². The summed E-state index contributed by atoms with van der Waals surface area (Å²) in [5, 5.41) is 2.90. The van der Waals surface area contributed by atoms with Crippen LogP contribution in [0.15, 0.2) is 28.7 Å². The molecule has 6 heteroatoms. The van der Waals surface area contributed by atoms with Crippen molar-refractivity contribution in [1.29, 1.82) is 0 Å². The van der Waals surface area contributed by atoms with E-state index in [-0.39, 0.29) is 15.8 Å². The number of Topliss-reactive ketones (excluding diaryl/α,β-unsaturated/α-hetero) is 1. The maximum absolute atomic E-state index is 12.8. The van der Waals surface area contributed by atoms with Gasteiger partial charge in [0.2, 0.25) is 0 Å². The van der Waals surface area contributed by atoms with E-state index in [2.05, 4.69) is 5.32 Å². The van der Waals surface area contributed by atoms with Crippen molar-refractivity contribution in [1.82, 2.24) is 0 Å². The summed E-state index contributed by atoms with van der Waals surface area (Å²) >= 11 is 3.99. The lowest BCUT2D eigenvalue weighted by atomic mass is 9.94. The quantitative estimate of drug-likeness (QED) is 0.750. The minimum absolute atomic E-state index is 0.00860. The molecule has 2 heterocycles. The second kappa shape index (κ2) is 6.82. The largest absolute Gasteiger partial charge is 0.455 e. The Balaban J connectivity index is 1.61. The average molecular weight is 388 g/mol. The maximum Gasteiger partial charge on any atom is 0.291 e. The number of rotatable bonds is 3. The smallest absolute Gasteiger partial charge is 0.291 e. The topological polar surface area (TPSA) is 59.3 Å². The predicted octanol–water partition coefficient (Wildman–Crippen LogP) is 5.01. The summed E-state index contributed by atoms with van der Waals surface area (Å²) < 4.78 is 6.10. The number of nitrogens with one attached hydrogen (secondary N) is 1. The Hall–Kier alpha value is -1.66. The number of ketones is 1. The van der Waals surface area contributed by atoms with Crippen molar-refractivity contribution in [2.45, 2.75) is 37.2 Å². The second-order valence-corrected chi connectivity index (χ2v) is 9.79. The summed E-state index contributed by atoms with van der Waals surface area (Å²) in [6, 6.07) is 6.94. The third kappa shape index (κ3) is 2.99. The van der Waals surface area contributed by atoms with Gasteiger partial charge in [0.05, 0.1) is 4.08 Å². The molecule has 1 aliphatic heterocycles. The van der Waals surface area contributed by atoms with E-state index in [1.807, 2.05) is 30.4 Å². The van der Waals surface area contributed by atoms with Crippen LogP contribution in [0.2, 0.25) is 0 Å². The van der Waals surface area contributed by atoms with E-state index in [9.17, 15) is 9.59 Å². The first-order chi connectivity index (χ1) is 12.5. The van der Waals surface area contributed by atoms with Crippen LogP contribution < -0.4 is 5.32 Å². The molecule has 1 N–H and O–H groups in total. The van der Waals surface area contributed by atoms with Gasteiger partial charge in [0.1, 0.15) is 5.76 Å². The molecule has 0 saturated carbocycles. The van der Waals surface area contributed by atoms with E-state index in [1.165, 1.54) is 12.5 Å². The number of hydrogen-bond acceptors (Lipinski definition) is 5. The second-order valence-electron chi connectivity index (χ2n) is 6.75. The first kappa shape index (κ1) is 17.7. The molecule has 0 atom stereocenters. The van der Waals surface area contributed by atoms with Crippen LogP contribution in [0.3, 0.4) is 0 Å². The van der Waals surface area contributed by atoms with Crippen molar-refractivity contribution in [3.05, 3.63) is 52.5 Å². The Morgan fingerprint density at radius 1 is 1.15 bits per heavy atom. The molecule has 1 aromatic carbocycles. The van der Waals surface area contributed by atoms with E-state index >= 15 is 0 Å². The van der Waals surface area contributed by atoms with Gasteiger partial charge in [-0.2, -0.15) is 0 Å². The molecule has 1 fully saturated rings. The number of fused-ring (bicyclic) bond motifs is 2. The van der Waals surface area contributed by atoms with Crippen molar-refractivity contribution in [2.24, 2.45) is 0 Å². The van der Waals surface area contributed by atoms with Crippen LogP contribution in [0, 0.1) is 6.92 Å². The molecule has 1 spiro atoms. The number of anilines is 1. The highest BCUT2D eigenvalue weighted by Crippen LogP contribution is 2.59. The number of aryl methyl sites for hydroxylation is 1. The molecule has 1 saturated heterocycles. The van der Waals surface area contributed by atoms with Crippen LogP contribution in [0.1, 0.15) is 57.6 Å². The molecule has 1 aromatic heterocycles. The third-order valence-corrected chi connectivity index (χ3v) is 8.55. The zero-order valence-electron chi connectivity index (χ0n) is 14.9. The van der Waals surface area contributed by atoms with Crippen LogP contribution in [-0.2, 0) is 10.5 Å². The van der Waals surface area contributed by atoms with Crippen molar-refractivity contribution in [3.63, 3.8) is 0 Å². The summed E-state index contributed by atoms with van der Waals surface area (Å²) in [6.45, 7) is 3.53. The molecule has 0 unspecified atom stereocenters. The molecule has 4 rings (SSSR count). The Kier molecular flexibility index (Phi) is 4.65. The molecular formula is C20H21NO3S2. The normalized spacial score (nSPS) is 17.9. The zero-order valence-corrected chi connectivity index (χ0v) is 16.5. The Morgan fingerprint density at radius 3 is 2.50 bits per heavy atom. The number of amides is 1. The van der Waals surface area contributed by atoms with Gasteiger partial charge in [-0.3, -0.25) is 9.59 Å². The van der Waals surface area contributed by atoms with Crippen molar-refractivity contribution < 1.29 is 14.0 Å². The molecule has 0 radical (unpaired) electrons. The van der Waals surface area contributed by atoms with Crippen LogP contribution in [0.4, 0.5) is 5.69 Å². The molecule has 4 nitrogen and oxygen atoms in total. The van der Waals surface area contributed by atoms with Crippen LogP contribution in [0.25, 0.3) is 0 Å². The number of carbonyl (C=O) groups excluding carboxylic acids is 2. The number of thioether (sulfide) groups is 2. The summed E-state index contributed by atoms with van der Waals surface area (Å²) in [5.41, 5.74) is 3.51. The fraction of sp³-hybridized carbons (Fsp3) is 0.400. The van der Waals surface area contributed by atoms with Gasteiger partial charge < -0.3 is 9.73 Å². The van der Waals surface area contributed by atoms with Crippen molar-refractivity contribution >= 4 is 40.9 Å². The van der Waals surface area contributed by atoms with E-state index in [1.54, 1.807) is 24.3 Å². The van der Waals surface area contributed by atoms with Gasteiger partial charge in [0.25, 0.3) is 5.91 Å². The lowest BCUT2D eigenvalue weighted by Gasteiger charge is -2.31. The van der Waals surface area contributed by atoms with Crippen molar-refractivity contribution in [2.75, 3.05) is 16.8 Å². The molecular weight excluding hydrogens is 366 g/mol. The zero-order chi connectivity index (χ0) is 18.3.